The molecule has 3 heterocycles. The summed E-state index contributed by atoms with van der Waals surface area (Å²) in [5.41, 5.74) is 3.77. The predicted octanol–water partition coefficient (Wildman–Crippen LogP) is -2.14. The lowest BCUT2D eigenvalue weighted by atomic mass is 9.92. The van der Waals surface area contributed by atoms with Gasteiger partial charge in [-0.15, -0.1) is 0 Å². The number of amides is 5. The van der Waals surface area contributed by atoms with Crippen LogP contribution in [0.2, 0.25) is 0 Å². The summed E-state index contributed by atoms with van der Waals surface area (Å²) < 4.78 is 76.5. The summed E-state index contributed by atoms with van der Waals surface area (Å²) in [6.07, 6.45) is -5.85. The molecule has 3 aliphatic heterocycles. The molecule has 572 valence electrons. The lowest BCUT2D eigenvalue weighted by Gasteiger charge is -2.40. The van der Waals surface area contributed by atoms with Crippen molar-refractivity contribution in [1.29, 1.82) is 0 Å². The Morgan fingerprint density at radius 2 is 0.794 bits per heavy atom. The van der Waals surface area contributed by atoms with Crippen LogP contribution in [0.25, 0.3) is 0 Å². The van der Waals surface area contributed by atoms with Crippen molar-refractivity contribution in [2.45, 2.75) is 210 Å². The molecule has 0 bridgehead atoms. The number of rotatable bonds is 51. The van der Waals surface area contributed by atoms with Crippen molar-refractivity contribution in [3.63, 3.8) is 0 Å². The minimum atomic E-state index is -3.75. The van der Waals surface area contributed by atoms with Gasteiger partial charge in [0.2, 0.25) is 29.5 Å². The van der Waals surface area contributed by atoms with Crippen LogP contribution in [-0.2, 0) is 85.0 Å². The van der Waals surface area contributed by atoms with Gasteiger partial charge in [-0.05, 0) is 51.5 Å². The van der Waals surface area contributed by atoms with Crippen molar-refractivity contribution in [3.05, 3.63) is 0 Å². The second-order valence-corrected chi connectivity index (χ2v) is 25.3. The molecule has 3 rings (SSSR count). The maximum absolute atomic E-state index is 13.7. The zero-order chi connectivity index (χ0) is 72.6. The number of phosphoric acid groups is 1. The van der Waals surface area contributed by atoms with Gasteiger partial charge in [0.1, 0.15) is 48.6 Å². The molecule has 0 aromatic rings. The molecule has 34 nitrogen and oxygen atoms in total. The lowest BCUT2D eigenvalue weighted by molar-refractivity contribution is -0.282. The molecule has 16 atom stereocenters. The Kier molecular flexibility index (Phi) is 51.4. The molecule has 0 aromatic heterocycles. The third kappa shape index (κ3) is 38.5. The highest BCUT2D eigenvalue weighted by molar-refractivity contribution is 7.47. The summed E-state index contributed by atoms with van der Waals surface area (Å²) in [7, 11) is -0.981. The summed E-state index contributed by atoms with van der Waals surface area (Å²) >= 11 is 0. The molecule has 17 N–H and O–H groups in total. The molecule has 35 heteroatoms. The number of hydrogen-bond donors (Lipinski definition) is 16. The van der Waals surface area contributed by atoms with Crippen LogP contribution in [0, 0.1) is 17.8 Å². The fraction of sp³-hybridized carbons (Fsp3) is 0.919. The third-order valence-electron chi connectivity index (χ3n) is 15.8. The van der Waals surface area contributed by atoms with Crippen LogP contribution >= 0.6 is 7.82 Å². The number of carbonyl (C=O) groups excluding carboxylic acids is 5. The summed E-state index contributed by atoms with van der Waals surface area (Å²) in [5.74, 6) is -4.15. The summed E-state index contributed by atoms with van der Waals surface area (Å²) in [6.45, 7) is 8.89. The van der Waals surface area contributed by atoms with E-state index >= 15 is 0 Å². The Hall–Kier alpha value is -3.34. The van der Waals surface area contributed by atoms with Crippen molar-refractivity contribution in [3.8, 4) is 0 Å². The van der Waals surface area contributed by atoms with E-state index in [4.69, 9.17) is 58.0 Å². The van der Waals surface area contributed by atoms with Gasteiger partial charge in [-0.1, -0.05) is 60.3 Å². The number of methoxy groups -OCH3 is 1. The van der Waals surface area contributed by atoms with Crippen LogP contribution in [0.4, 0.5) is 0 Å². The second kappa shape index (κ2) is 54.4. The quantitative estimate of drug-likeness (QED) is 0.0176. The summed E-state index contributed by atoms with van der Waals surface area (Å²) in [4.78, 5) is 74.1. The van der Waals surface area contributed by atoms with Crippen molar-refractivity contribution in [1.82, 2.24) is 26.6 Å². The fourth-order valence-electron chi connectivity index (χ4n) is 9.86. The summed E-state index contributed by atoms with van der Waals surface area (Å²) in [5, 5.41) is 104. The number of phosphoric ester groups is 1. The largest absolute Gasteiger partial charge is 0.471 e. The van der Waals surface area contributed by atoms with Crippen LogP contribution in [-0.4, -0.2) is 299 Å². The van der Waals surface area contributed by atoms with E-state index in [1.165, 1.54) is 0 Å². The minimum Gasteiger partial charge on any atom is -0.394 e. The van der Waals surface area contributed by atoms with E-state index in [1.807, 2.05) is 13.8 Å². The van der Waals surface area contributed by atoms with E-state index in [0.29, 0.717) is 45.4 Å². The second-order valence-electron chi connectivity index (χ2n) is 23.8. The standard InChI is InChI=1S/C53H97N5O24.C7H18NO4P.C2H6/c1-33-44(67)47(70)36(27-59)80-50(33)77-20-9-16-54-39(62)12-23-74-30-53(58-43(66)26-42(65)57-15-7-5-6-8-19-73-4,31-75-24-13-40(63)55-17-10-21-78-51-34(2)45(68)48(71)37(28-60)81-51)32-76-25-14-41(64)56-18-11-22-79-52-35(3)46(69)49(72)38(29-61)82-52;1-11-13(9,10)12-7-5-3-2-4-6-8;1-2/h33-38,44-52,59-61,67-72H,5-32H2,1-4H3,(H,54,62)(H,55,63)(H,56,64)(H,57,65)(H,58,66);2-8H2,1H3,(H,9,10);1-2H3/t33?,34?,35?,36?,37?,38?,44-,45-,46-,47+,48+,49+,50-,51-,52-,53?;;/m1../s1. The number of nitrogens with two attached hydrogens (primary N) is 1. The minimum absolute atomic E-state index is 0.121. The monoisotopic (exact) mass is 1430 g/mol. The van der Waals surface area contributed by atoms with E-state index in [-0.39, 0.29) is 123 Å². The predicted molar refractivity (Wildman–Crippen MR) is 348 cm³/mol. The first-order valence-electron chi connectivity index (χ1n) is 34.0. The Balaban J connectivity index is 0.00000279. The topological polar surface area (TPSA) is 502 Å². The van der Waals surface area contributed by atoms with E-state index in [1.54, 1.807) is 27.9 Å². The average Bonchev–Trinajstić information content (AvgIpc) is 0.847. The molecule has 97 heavy (non-hydrogen) atoms. The molecule has 3 fully saturated rings. The van der Waals surface area contributed by atoms with Crippen LogP contribution < -0.4 is 32.3 Å². The first-order valence-corrected chi connectivity index (χ1v) is 35.5. The number of hydrogen-bond acceptors (Lipinski definition) is 28. The van der Waals surface area contributed by atoms with Crippen molar-refractivity contribution in [2.75, 3.05) is 139 Å². The number of aliphatic hydroxyl groups excluding tert-OH is 9. The van der Waals surface area contributed by atoms with Crippen molar-refractivity contribution < 1.29 is 136 Å². The Bertz CT molecular complexity index is 1960. The van der Waals surface area contributed by atoms with E-state index in [0.717, 1.165) is 52.1 Å². The number of nitrogens with one attached hydrogen (secondary N) is 5. The van der Waals surface area contributed by atoms with Gasteiger partial charge in [0.25, 0.3) is 0 Å². The van der Waals surface area contributed by atoms with E-state index in [9.17, 15) is 74.5 Å². The van der Waals surface area contributed by atoms with Crippen molar-refractivity contribution >= 4 is 37.4 Å². The van der Waals surface area contributed by atoms with E-state index in [2.05, 4.69) is 35.6 Å². The van der Waals surface area contributed by atoms with Gasteiger partial charge >= 0.3 is 7.82 Å². The van der Waals surface area contributed by atoms with Crippen molar-refractivity contribution in [2.24, 2.45) is 23.5 Å². The average molecular weight is 1430 g/mol. The van der Waals surface area contributed by atoms with Crippen LogP contribution in [0.3, 0.4) is 0 Å². The van der Waals surface area contributed by atoms with E-state index < -0.39 is 143 Å². The highest BCUT2D eigenvalue weighted by Crippen LogP contribution is 2.42. The number of unbranched alkanes of at least 4 members (excludes halogenated alkanes) is 6. The molecule has 7 unspecified atom stereocenters. The first-order chi connectivity index (χ1) is 46.4. The Morgan fingerprint density at radius 1 is 0.454 bits per heavy atom. The molecule has 0 spiro atoms. The summed E-state index contributed by atoms with van der Waals surface area (Å²) in [6, 6.07) is 0. The van der Waals surface area contributed by atoms with Crippen LogP contribution in [0.1, 0.15) is 131 Å². The third-order valence-corrected chi connectivity index (χ3v) is 16.8. The molecule has 0 radical (unpaired) electrons. The molecule has 0 aliphatic carbocycles. The first kappa shape index (κ1) is 91.7. The highest BCUT2D eigenvalue weighted by Gasteiger charge is 2.45. The van der Waals surface area contributed by atoms with Gasteiger partial charge in [0.15, 0.2) is 18.9 Å². The normalized spacial score (nSPS) is 26.8. The number of carbonyl (C=O) groups is 5. The van der Waals surface area contributed by atoms with Gasteiger partial charge in [-0.2, -0.15) is 0 Å². The maximum atomic E-state index is 13.7. The molecule has 0 saturated carbocycles. The molecular formula is C62H121N6O28P. The van der Waals surface area contributed by atoms with Gasteiger partial charge in [0.05, 0.1) is 104 Å². The van der Waals surface area contributed by atoms with Gasteiger partial charge in [-0.3, -0.25) is 33.0 Å². The molecule has 3 saturated heterocycles. The molecule has 0 aromatic carbocycles. The number of aliphatic hydroxyl groups is 9. The molecular weight excluding hydrogens is 1310 g/mol. The zero-order valence-electron chi connectivity index (χ0n) is 58.0. The SMILES string of the molecule is CC.COCCCCCCNC(=O)CC(=O)NC(COCCC(=O)NCCCO[C@@H]1OC(CO)[C@H](O)[C@H](O)C1C)(COCCC(=O)NCCCO[C@@H]1OC(CO)[C@H](O)[C@H](O)C1C)COCCC(=O)NCCCO[C@@H]1OC(CO)[C@H](O)[C@H](O)C1C.COP(=O)(O)OCCCCCCN. The van der Waals surface area contributed by atoms with Crippen LogP contribution in [0.5, 0.6) is 0 Å². The van der Waals surface area contributed by atoms with Gasteiger partial charge in [-0.25, -0.2) is 4.57 Å². The molecule has 5 amide bonds. The zero-order valence-corrected chi connectivity index (χ0v) is 58.9. The van der Waals surface area contributed by atoms with Crippen LogP contribution in [0.15, 0.2) is 0 Å². The highest BCUT2D eigenvalue weighted by atomic mass is 31.2. The lowest BCUT2D eigenvalue weighted by Crippen LogP contribution is -2.59. The maximum Gasteiger partial charge on any atom is 0.471 e. The van der Waals surface area contributed by atoms with Gasteiger partial charge < -0.3 is 131 Å². The number of ether oxygens (including phenoxy) is 10. The Morgan fingerprint density at radius 3 is 1.14 bits per heavy atom. The smallest absolute Gasteiger partial charge is 0.394 e. The molecule has 3 aliphatic rings. The Labute approximate surface area is 571 Å². The van der Waals surface area contributed by atoms with Gasteiger partial charge in [0, 0.05) is 84.0 Å². The fourth-order valence-corrected chi connectivity index (χ4v) is 10.3.